The Kier molecular flexibility index (Phi) is 1.94. The van der Waals surface area contributed by atoms with E-state index in [1.165, 1.54) is 12.8 Å². The van der Waals surface area contributed by atoms with Gasteiger partial charge in [-0.05, 0) is 12.8 Å². The van der Waals surface area contributed by atoms with Crippen molar-refractivity contribution in [2.24, 2.45) is 0 Å². The monoisotopic (exact) mass is 178 g/mol. The number of hydrogen-bond acceptors (Lipinski definition) is 2. The Balaban J connectivity index is 2.41. The van der Waals surface area contributed by atoms with Gasteiger partial charge in [0.15, 0.2) is 0 Å². The molecule has 1 heterocycles. The number of nitrogens with zero attached hydrogens (tertiary/aromatic N) is 1. The second-order valence-corrected chi connectivity index (χ2v) is 3.98. The molecule has 1 aliphatic rings. The zero-order valence-electron chi connectivity index (χ0n) is 8.00. The van der Waals surface area contributed by atoms with Crippen LogP contribution in [0.1, 0.15) is 50.0 Å². The van der Waals surface area contributed by atoms with E-state index in [2.05, 4.69) is 9.97 Å². The molecule has 1 aromatic heterocycles. The molecule has 3 nitrogen and oxygen atoms in total. The lowest BCUT2D eigenvalue weighted by atomic mass is 10.2. The van der Waals surface area contributed by atoms with Crippen molar-refractivity contribution in [2.45, 2.75) is 38.5 Å². The van der Waals surface area contributed by atoms with Crippen LogP contribution < -0.4 is 5.56 Å². The summed E-state index contributed by atoms with van der Waals surface area (Å²) in [6, 6.07) is 1.63. The van der Waals surface area contributed by atoms with Gasteiger partial charge >= 0.3 is 0 Å². The van der Waals surface area contributed by atoms with E-state index in [1.807, 2.05) is 13.8 Å². The first-order valence-corrected chi connectivity index (χ1v) is 4.78. The van der Waals surface area contributed by atoms with Crippen molar-refractivity contribution in [2.75, 3.05) is 0 Å². The first-order chi connectivity index (χ1) is 6.16. The van der Waals surface area contributed by atoms with Crippen molar-refractivity contribution < 1.29 is 0 Å². The molecule has 1 aromatic rings. The van der Waals surface area contributed by atoms with Gasteiger partial charge in [0, 0.05) is 17.9 Å². The molecular formula is C10H14N2O. The van der Waals surface area contributed by atoms with E-state index in [-0.39, 0.29) is 5.56 Å². The summed E-state index contributed by atoms with van der Waals surface area (Å²) in [6.45, 7) is 4.07. The molecule has 0 radical (unpaired) electrons. The number of aromatic amines is 1. The summed E-state index contributed by atoms with van der Waals surface area (Å²) in [5, 5.41) is 0. The minimum absolute atomic E-state index is 0.0133. The fraction of sp³-hybridized carbons (Fsp3) is 0.600. The molecule has 2 rings (SSSR count). The molecule has 1 aliphatic carbocycles. The molecule has 70 valence electrons. The van der Waals surface area contributed by atoms with Gasteiger partial charge in [-0.1, -0.05) is 13.8 Å². The third-order valence-electron chi connectivity index (χ3n) is 2.32. The number of H-pyrrole nitrogens is 1. The Labute approximate surface area is 77.2 Å². The zero-order chi connectivity index (χ0) is 9.42. The lowest BCUT2D eigenvalue weighted by Crippen LogP contribution is -2.13. The third-order valence-corrected chi connectivity index (χ3v) is 2.32. The first-order valence-electron chi connectivity index (χ1n) is 4.78. The second kappa shape index (κ2) is 2.98. The van der Waals surface area contributed by atoms with E-state index >= 15 is 0 Å². The van der Waals surface area contributed by atoms with Gasteiger partial charge in [0.25, 0.3) is 5.56 Å². The molecule has 13 heavy (non-hydrogen) atoms. The Morgan fingerprint density at radius 1 is 1.54 bits per heavy atom. The number of hydrogen-bond donors (Lipinski definition) is 1. The maximum atomic E-state index is 11.3. The van der Waals surface area contributed by atoms with E-state index in [4.69, 9.17) is 0 Å². The Morgan fingerprint density at radius 3 is 2.77 bits per heavy atom. The first kappa shape index (κ1) is 8.48. The second-order valence-electron chi connectivity index (χ2n) is 3.98. The highest BCUT2D eigenvalue weighted by atomic mass is 16.1. The van der Waals surface area contributed by atoms with Crippen LogP contribution in [0.2, 0.25) is 0 Å². The summed E-state index contributed by atoms with van der Waals surface area (Å²) in [4.78, 5) is 18.5. The summed E-state index contributed by atoms with van der Waals surface area (Å²) in [5.41, 5.74) is 0.966. The van der Waals surface area contributed by atoms with Crippen molar-refractivity contribution in [3.63, 3.8) is 0 Å². The summed E-state index contributed by atoms with van der Waals surface area (Å²) in [7, 11) is 0. The summed E-state index contributed by atoms with van der Waals surface area (Å²) < 4.78 is 0. The van der Waals surface area contributed by atoms with Crippen LogP contribution in [0.15, 0.2) is 10.9 Å². The van der Waals surface area contributed by atoms with Gasteiger partial charge < -0.3 is 4.98 Å². The largest absolute Gasteiger partial charge is 0.310 e. The molecular weight excluding hydrogens is 164 g/mol. The van der Waals surface area contributed by atoms with E-state index < -0.39 is 0 Å². The van der Waals surface area contributed by atoms with E-state index in [1.54, 1.807) is 6.07 Å². The molecule has 1 saturated carbocycles. The zero-order valence-corrected chi connectivity index (χ0v) is 8.00. The minimum Gasteiger partial charge on any atom is -0.310 e. The molecule has 1 fully saturated rings. The van der Waals surface area contributed by atoms with Gasteiger partial charge in [0.2, 0.25) is 0 Å². The molecule has 0 bridgehead atoms. The van der Waals surface area contributed by atoms with Crippen LogP contribution >= 0.6 is 0 Å². The highest BCUT2D eigenvalue weighted by molar-refractivity contribution is 5.14. The highest BCUT2D eigenvalue weighted by Gasteiger charge is 2.25. The maximum Gasteiger partial charge on any atom is 0.251 e. The molecule has 0 unspecified atom stereocenters. The van der Waals surface area contributed by atoms with Crippen LogP contribution in [-0.4, -0.2) is 9.97 Å². The van der Waals surface area contributed by atoms with Crippen LogP contribution in [-0.2, 0) is 0 Å². The van der Waals surface area contributed by atoms with Crippen molar-refractivity contribution >= 4 is 0 Å². The van der Waals surface area contributed by atoms with Gasteiger partial charge in [0.1, 0.15) is 5.82 Å². The van der Waals surface area contributed by atoms with E-state index in [9.17, 15) is 4.79 Å². The van der Waals surface area contributed by atoms with Crippen LogP contribution in [0.5, 0.6) is 0 Å². The predicted molar refractivity (Wildman–Crippen MR) is 50.9 cm³/mol. The maximum absolute atomic E-state index is 11.3. The molecule has 0 saturated heterocycles. The lowest BCUT2D eigenvalue weighted by Gasteiger charge is -2.05. The van der Waals surface area contributed by atoms with Crippen LogP contribution in [0, 0.1) is 0 Å². The van der Waals surface area contributed by atoms with Crippen molar-refractivity contribution in [3.8, 4) is 0 Å². The predicted octanol–water partition coefficient (Wildman–Crippen LogP) is 1.77. The average Bonchev–Trinajstić information content (AvgIpc) is 2.85. The standard InChI is InChI=1S/C10H14N2O/c1-6(2)10-11-8(7-3-4-7)5-9(13)12-10/h5-7H,3-4H2,1-2H3,(H,11,12,13). The van der Waals surface area contributed by atoms with Crippen LogP contribution in [0.3, 0.4) is 0 Å². The molecule has 1 N–H and O–H groups in total. The highest BCUT2D eigenvalue weighted by Crippen LogP contribution is 2.38. The molecule has 0 atom stereocenters. The summed E-state index contributed by atoms with van der Waals surface area (Å²) in [6.07, 6.45) is 2.38. The van der Waals surface area contributed by atoms with Gasteiger partial charge in [-0.3, -0.25) is 4.79 Å². The normalized spacial score (nSPS) is 16.5. The van der Waals surface area contributed by atoms with Crippen molar-refractivity contribution in [3.05, 3.63) is 27.9 Å². The van der Waals surface area contributed by atoms with Gasteiger partial charge in [-0.2, -0.15) is 0 Å². The minimum atomic E-state index is -0.0133. The third kappa shape index (κ3) is 1.79. The molecule has 0 amide bonds. The van der Waals surface area contributed by atoms with Gasteiger partial charge in [-0.15, -0.1) is 0 Å². The molecule has 0 spiro atoms. The number of rotatable bonds is 2. The van der Waals surface area contributed by atoms with Crippen LogP contribution in [0.25, 0.3) is 0 Å². The fourth-order valence-electron chi connectivity index (χ4n) is 1.36. The molecule has 0 aliphatic heterocycles. The van der Waals surface area contributed by atoms with Gasteiger partial charge in [0.05, 0.1) is 5.69 Å². The SMILES string of the molecule is CC(C)c1nc(C2CC2)cc(=O)[nH]1. The lowest BCUT2D eigenvalue weighted by molar-refractivity contribution is 0.748. The molecule has 0 aromatic carbocycles. The Morgan fingerprint density at radius 2 is 2.23 bits per heavy atom. The Hall–Kier alpha value is -1.12. The molecule has 3 heteroatoms. The number of nitrogens with one attached hydrogen (secondary N) is 1. The fourth-order valence-corrected chi connectivity index (χ4v) is 1.36. The number of aromatic nitrogens is 2. The smallest absolute Gasteiger partial charge is 0.251 e. The topological polar surface area (TPSA) is 45.8 Å². The van der Waals surface area contributed by atoms with Crippen LogP contribution in [0.4, 0.5) is 0 Å². The summed E-state index contributed by atoms with van der Waals surface area (Å²) in [5.74, 6) is 1.67. The average molecular weight is 178 g/mol. The van der Waals surface area contributed by atoms with Gasteiger partial charge in [-0.25, -0.2) is 4.98 Å². The van der Waals surface area contributed by atoms with E-state index in [0.29, 0.717) is 11.8 Å². The Bertz CT molecular complexity index is 340. The van der Waals surface area contributed by atoms with Crippen molar-refractivity contribution in [1.82, 2.24) is 9.97 Å². The van der Waals surface area contributed by atoms with E-state index in [0.717, 1.165) is 11.5 Å². The quantitative estimate of drug-likeness (QED) is 0.750. The van der Waals surface area contributed by atoms with Crippen molar-refractivity contribution in [1.29, 1.82) is 0 Å². The summed E-state index contributed by atoms with van der Waals surface area (Å²) >= 11 is 0.